The molecule has 0 saturated carbocycles. The van der Waals surface area contributed by atoms with E-state index in [0.717, 1.165) is 5.56 Å². The number of benzene rings is 1. The van der Waals surface area contributed by atoms with E-state index in [1.807, 2.05) is 24.3 Å². The molecule has 21 heavy (non-hydrogen) atoms. The molecule has 1 atom stereocenters. The molecule has 1 aromatic heterocycles. The first-order valence-corrected chi connectivity index (χ1v) is 7.97. The van der Waals surface area contributed by atoms with E-state index in [4.69, 9.17) is 10.5 Å². The van der Waals surface area contributed by atoms with E-state index < -0.39 is 10.0 Å². The molecule has 1 aliphatic heterocycles. The van der Waals surface area contributed by atoms with Gasteiger partial charge in [-0.05, 0) is 18.2 Å². The van der Waals surface area contributed by atoms with Crippen LogP contribution in [0.5, 0.6) is 5.75 Å². The minimum absolute atomic E-state index is 0.115. The summed E-state index contributed by atoms with van der Waals surface area (Å²) in [5, 5.41) is 0. The smallest absolute Gasteiger partial charge is 0.242 e. The molecule has 2 heterocycles. The summed E-state index contributed by atoms with van der Waals surface area (Å²) in [5.41, 5.74) is 6.93. The van der Waals surface area contributed by atoms with Gasteiger partial charge in [-0.2, -0.15) is 0 Å². The number of fused-ring (bicyclic) bond motifs is 1. The van der Waals surface area contributed by atoms with Gasteiger partial charge in [-0.25, -0.2) is 13.1 Å². The Kier molecular flexibility index (Phi) is 3.62. The first kappa shape index (κ1) is 14.0. The van der Waals surface area contributed by atoms with Crippen LogP contribution in [-0.2, 0) is 16.6 Å². The van der Waals surface area contributed by atoms with E-state index in [1.54, 1.807) is 6.07 Å². The second kappa shape index (κ2) is 5.44. The van der Waals surface area contributed by atoms with Crippen molar-refractivity contribution < 1.29 is 13.2 Å². The van der Waals surface area contributed by atoms with Crippen molar-refractivity contribution in [3.8, 4) is 5.75 Å². The van der Waals surface area contributed by atoms with Crippen LogP contribution in [0.1, 0.15) is 17.3 Å². The monoisotopic (exact) mass is 305 g/mol. The van der Waals surface area contributed by atoms with Gasteiger partial charge in [0.05, 0.1) is 11.7 Å². The predicted molar refractivity (Wildman–Crippen MR) is 77.1 cm³/mol. The van der Waals surface area contributed by atoms with E-state index in [1.165, 1.54) is 12.3 Å². The van der Waals surface area contributed by atoms with Gasteiger partial charge in [-0.3, -0.25) is 4.98 Å². The lowest BCUT2D eigenvalue weighted by Gasteiger charge is -2.12. The number of aromatic nitrogens is 1. The second-order valence-electron chi connectivity index (χ2n) is 4.71. The summed E-state index contributed by atoms with van der Waals surface area (Å²) in [6.07, 6.45) is 1.31. The normalized spacial score (nSPS) is 17.3. The number of hydrogen-bond donors (Lipinski definition) is 2. The number of sulfonamides is 1. The van der Waals surface area contributed by atoms with Crippen LogP contribution in [0.3, 0.4) is 0 Å². The highest BCUT2D eigenvalue weighted by molar-refractivity contribution is 7.89. The molecule has 0 radical (unpaired) electrons. The number of nitrogens with two attached hydrogens (primary N) is 1. The standard InChI is InChI=1S/C14H15N3O3S/c15-7-10-5-6-11(8-16-10)21(18,19)17-13-9-20-14-4-2-1-3-12(13)14/h1-6,8,13,17H,7,9,15H2. The molecule has 1 unspecified atom stereocenters. The molecule has 0 bridgehead atoms. The van der Waals surface area contributed by atoms with Crippen molar-refractivity contribution in [3.63, 3.8) is 0 Å². The molecule has 3 N–H and O–H groups in total. The number of ether oxygens (including phenoxy) is 1. The van der Waals surface area contributed by atoms with Gasteiger partial charge in [-0.1, -0.05) is 18.2 Å². The van der Waals surface area contributed by atoms with Crippen LogP contribution >= 0.6 is 0 Å². The Morgan fingerprint density at radius 1 is 1.29 bits per heavy atom. The molecule has 0 amide bonds. The summed E-state index contributed by atoms with van der Waals surface area (Å²) in [6.45, 7) is 0.560. The number of hydrogen-bond acceptors (Lipinski definition) is 5. The Morgan fingerprint density at radius 3 is 2.81 bits per heavy atom. The van der Waals surface area contributed by atoms with Crippen molar-refractivity contribution in [2.75, 3.05) is 6.61 Å². The molecule has 0 aliphatic carbocycles. The van der Waals surface area contributed by atoms with Crippen LogP contribution in [0.25, 0.3) is 0 Å². The zero-order valence-electron chi connectivity index (χ0n) is 11.2. The second-order valence-corrected chi connectivity index (χ2v) is 6.43. The Bertz CT molecular complexity index is 744. The van der Waals surface area contributed by atoms with Gasteiger partial charge in [0.15, 0.2) is 0 Å². The van der Waals surface area contributed by atoms with Crippen molar-refractivity contribution in [2.45, 2.75) is 17.5 Å². The predicted octanol–water partition coefficient (Wildman–Crippen LogP) is 0.952. The van der Waals surface area contributed by atoms with Gasteiger partial charge < -0.3 is 10.5 Å². The first-order chi connectivity index (χ1) is 10.1. The van der Waals surface area contributed by atoms with Crippen molar-refractivity contribution in [3.05, 3.63) is 53.9 Å². The van der Waals surface area contributed by atoms with Crippen molar-refractivity contribution in [2.24, 2.45) is 5.73 Å². The topological polar surface area (TPSA) is 94.3 Å². The van der Waals surface area contributed by atoms with Crippen molar-refractivity contribution >= 4 is 10.0 Å². The molecule has 6 nitrogen and oxygen atoms in total. The molecule has 0 fully saturated rings. The average molecular weight is 305 g/mol. The summed E-state index contributed by atoms with van der Waals surface area (Å²) < 4.78 is 32.8. The summed E-state index contributed by atoms with van der Waals surface area (Å²) in [4.78, 5) is 4.12. The fourth-order valence-corrected chi connectivity index (χ4v) is 3.35. The minimum Gasteiger partial charge on any atom is -0.491 e. The van der Waals surface area contributed by atoms with Gasteiger partial charge in [0.25, 0.3) is 0 Å². The van der Waals surface area contributed by atoms with Crippen LogP contribution in [0.2, 0.25) is 0 Å². The third kappa shape index (κ3) is 2.76. The van der Waals surface area contributed by atoms with E-state index in [0.29, 0.717) is 11.4 Å². The van der Waals surface area contributed by atoms with Crippen molar-refractivity contribution in [1.82, 2.24) is 9.71 Å². The molecular weight excluding hydrogens is 290 g/mol. The summed E-state index contributed by atoms with van der Waals surface area (Å²) >= 11 is 0. The van der Waals surface area contributed by atoms with Crippen LogP contribution in [0, 0.1) is 0 Å². The highest BCUT2D eigenvalue weighted by Crippen LogP contribution is 2.32. The van der Waals surface area contributed by atoms with Gasteiger partial charge >= 0.3 is 0 Å². The van der Waals surface area contributed by atoms with Gasteiger partial charge in [0, 0.05) is 18.3 Å². The van der Waals surface area contributed by atoms with Gasteiger partial charge in [0.1, 0.15) is 17.3 Å². The van der Waals surface area contributed by atoms with Crippen LogP contribution in [0.4, 0.5) is 0 Å². The summed E-state index contributed by atoms with van der Waals surface area (Å²) in [6, 6.07) is 10.1. The quantitative estimate of drug-likeness (QED) is 0.877. The molecule has 3 rings (SSSR count). The van der Waals surface area contributed by atoms with Gasteiger partial charge in [0.2, 0.25) is 10.0 Å². The molecule has 1 aliphatic rings. The number of nitrogens with zero attached hydrogens (tertiary/aromatic N) is 1. The SMILES string of the molecule is NCc1ccc(S(=O)(=O)NC2COc3ccccc32)cn1. The summed E-state index contributed by atoms with van der Waals surface area (Å²) in [7, 11) is -3.64. The largest absolute Gasteiger partial charge is 0.491 e. The Hall–Kier alpha value is -1.96. The first-order valence-electron chi connectivity index (χ1n) is 6.49. The molecule has 0 spiro atoms. The Morgan fingerprint density at radius 2 is 2.10 bits per heavy atom. The lowest BCUT2D eigenvalue weighted by Crippen LogP contribution is -2.29. The maximum Gasteiger partial charge on any atom is 0.242 e. The van der Waals surface area contributed by atoms with Crippen LogP contribution in [0.15, 0.2) is 47.5 Å². The number of para-hydroxylation sites is 1. The van der Waals surface area contributed by atoms with Crippen LogP contribution in [-0.4, -0.2) is 20.0 Å². The zero-order valence-corrected chi connectivity index (χ0v) is 12.0. The molecule has 0 saturated heterocycles. The fourth-order valence-electron chi connectivity index (χ4n) is 2.21. The molecule has 2 aromatic rings. The summed E-state index contributed by atoms with van der Waals surface area (Å²) in [5.74, 6) is 0.710. The number of pyridine rings is 1. The molecule has 110 valence electrons. The molecular formula is C14H15N3O3S. The Balaban J connectivity index is 1.83. The number of nitrogens with one attached hydrogen (secondary N) is 1. The fraction of sp³-hybridized carbons (Fsp3) is 0.214. The lowest BCUT2D eigenvalue weighted by atomic mass is 10.1. The maximum absolute atomic E-state index is 12.4. The van der Waals surface area contributed by atoms with E-state index in [9.17, 15) is 8.42 Å². The zero-order chi connectivity index (χ0) is 14.9. The molecule has 1 aromatic carbocycles. The van der Waals surface area contributed by atoms with Crippen molar-refractivity contribution in [1.29, 1.82) is 0 Å². The van der Waals surface area contributed by atoms with E-state index in [2.05, 4.69) is 9.71 Å². The van der Waals surface area contributed by atoms with E-state index >= 15 is 0 Å². The third-order valence-electron chi connectivity index (χ3n) is 3.31. The minimum atomic E-state index is -3.64. The molecule has 7 heteroatoms. The Labute approximate surface area is 123 Å². The van der Waals surface area contributed by atoms with Gasteiger partial charge in [-0.15, -0.1) is 0 Å². The highest BCUT2D eigenvalue weighted by atomic mass is 32.2. The average Bonchev–Trinajstić information content (AvgIpc) is 2.90. The third-order valence-corrected chi connectivity index (χ3v) is 4.77. The van der Waals surface area contributed by atoms with E-state index in [-0.39, 0.29) is 24.1 Å². The number of rotatable bonds is 4. The van der Waals surface area contributed by atoms with Crippen LogP contribution < -0.4 is 15.2 Å². The maximum atomic E-state index is 12.4. The highest BCUT2D eigenvalue weighted by Gasteiger charge is 2.28. The lowest BCUT2D eigenvalue weighted by molar-refractivity contribution is 0.325.